The summed E-state index contributed by atoms with van der Waals surface area (Å²) in [5.41, 5.74) is 0. The SMILES string of the molecule is O=S(=O)=NC(=S)Cl. The van der Waals surface area contributed by atoms with Gasteiger partial charge in [-0.2, -0.15) is 8.42 Å². The molecule has 0 aliphatic heterocycles. The lowest BCUT2D eigenvalue weighted by Gasteiger charge is -1.63. The monoisotopic (exact) mass is 157 g/mol. The molecule has 0 bridgehead atoms. The standard InChI is InChI=1S/CClNO2S2/c2-1(6)3-7(4)5. The zero-order valence-electron chi connectivity index (χ0n) is 2.96. The third-order valence-electron chi connectivity index (χ3n) is 0.146. The van der Waals surface area contributed by atoms with Crippen molar-refractivity contribution >= 4 is 38.8 Å². The molecule has 40 valence electrons. The first-order valence-corrected chi connectivity index (χ1v) is 2.95. The topological polar surface area (TPSA) is 46.5 Å². The molecule has 0 aliphatic rings. The maximum absolute atomic E-state index is 9.47. The second kappa shape index (κ2) is 3.06. The molecule has 0 rings (SSSR count). The molecule has 7 heavy (non-hydrogen) atoms. The summed E-state index contributed by atoms with van der Waals surface area (Å²) in [6.07, 6.45) is 0. The van der Waals surface area contributed by atoms with Crippen LogP contribution in [-0.2, 0) is 10.5 Å². The third-order valence-corrected chi connectivity index (χ3v) is 0.870. The Morgan fingerprint density at radius 1 is 1.71 bits per heavy atom. The van der Waals surface area contributed by atoms with Crippen LogP contribution in [0.25, 0.3) is 0 Å². The van der Waals surface area contributed by atoms with Crippen molar-refractivity contribution in [1.29, 1.82) is 0 Å². The summed E-state index contributed by atoms with van der Waals surface area (Å²) in [7, 11) is -2.49. The molecule has 0 saturated heterocycles. The van der Waals surface area contributed by atoms with Crippen LogP contribution in [-0.4, -0.2) is 12.9 Å². The van der Waals surface area contributed by atoms with Crippen molar-refractivity contribution in [3.8, 4) is 0 Å². The van der Waals surface area contributed by atoms with Gasteiger partial charge in [0.25, 0.3) is 0 Å². The van der Waals surface area contributed by atoms with Crippen LogP contribution in [0.1, 0.15) is 0 Å². The van der Waals surface area contributed by atoms with E-state index in [2.05, 4.69) is 16.6 Å². The van der Waals surface area contributed by atoms with E-state index in [1.807, 2.05) is 0 Å². The number of rotatable bonds is 0. The fourth-order valence-corrected chi connectivity index (χ4v) is 0.527. The molecule has 0 aliphatic carbocycles. The first-order valence-electron chi connectivity index (χ1n) is 1.13. The maximum atomic E-state index is 9.47. The molecule has 0 aromatic heterocycles. The van der Waals surface area contributed by atoms with Gasteiger partial charge in [0.05, 0.1) is 0 Å². The van der Waals surface area contributed by atoms with Crippen LogP contribution in [0.3, 0.4) is 0 Å². The van der Waals surface area contributed by atoms with Gasteiger partial charge >= 0.3 is 10.5 Å². The Morgan fingerprint density at radius 3 is 2.14 bits per heavy atom. The van der Waals surface area contributed by atoms with E-state index >= 15 is 0 Å². The van der Waals surface area contributed by atoms with Gasteiger partial charge in [0.1, 0.15) is 0 Å². The van der Waals surface area contributed by atoms with Gasteiger partial charge in [0, 0.05) is 0 Å². The molecule has 0 amide bonds. The molecule has 0 heterocycles. The van der Waals surface area contributed by atoms with E-state index < -0.39 is 14.9 Å². The van der Waals surface area contributed by atoms with Crippen molar-refractivity contribution in [3.63, 3.8) is 0 Å². The Morgan fingerprint density at radius 2 is 2.14 bits per heavy atom. The molecular formula is CClNO2S2. The van der Waals surface area contributed by atoms with Gasteiger partial charge in [-0.05, 0) is 23.8 Å². The lowest BCUT2D eigenvalue weighted by atomic mass is 11.5. The third kappa shape index (κ3) is 6.00. The first-order chi connectivity index (χ1) is 3.13. The van der Waals surface area contributed by atoms with Gasteiger partial charge in [-0.1, -0.05) is 0 Å². The number of halogens is 1. The van der Waals surface area contributed by atoms with E-state index in [0.717, 1.165) is 0 Å². The summed E-state index contributed by atoms with van der Waals surface area (Å²) in [4.78, 5) is 0. The zero-order valence-corrected chi connectivity index (χ0v) is 5.35. The molecule has 0 fully saturated rings. The highest BCUT2D eigenvalue weighted by Gasteiger charge is 1.78. The van der Waals surface area contributed by atoms with Crippen LogP contribution in [0.2, 0.25) is 0 Å². The van der Waals surface area contributed by atoms with E-state index in [1.54, 1.807) is 0 Å². The minimum absolute atomic E-state index is 0.395. The molecule has 0 radical (unpaired) electrons. The van der Waals surface area contributed by atoms with Crippen LogP contribution in [0.4, 0.5) is 0 Å². The van der Waals surface area contributed by atoms with E-state index in [0.29, 0.717) is 0 Å². The van der Waals surface area contributed by atoms with Crippen molar-refractivity contribution in [2.75, 3.05) is 0 Å². The van der Waals surface area contributed by atoms with Crippen LogP contribution in [0.15, 0.2) is 4.36 Å². The molecular weight excluding hydrogens is 158 g/mol. The Labute approximate surface area is 52.0 Å². The second-order valence-electron chi connectivity index (χ2n) is 0.561. The Kier molecular flexibility index (Phi) is 3.06. The average molecular weight is 158 g/mol. The van der Waals surface area contributed by atoms with Crippen molar-refractivity contribution in [2.24, 2.45) is 4.36 Å². The van der Waals surface area contributed by atoms with Crippen molar-refractivity contribution in [1.82, 2.24) is 0 Å². The maximum Gasteiger partial charge on any atom is 0.318 e. The Balaban J connectivity index is 4.26. The summed E-state index contributed by atoms with van der Waals surface area (Å²) >= 11 is 8.92. The van der Waals surface area contributed by atoms with Crippen LogP contribution in [0, 0.1) is 0 Å². The van der Waals surface area contributed by atoms with Gasteiger partial charge < -0.3 is 0 Å². The number of nitrogens with zero attached hydrogens (tertiary/aromatic N) is 1. The average Bonchev–Trinajstić information content (AvgIpc) is 1.27. The van der Waals surface area contributed by atoms with Crippen LogP contribution in [0.5, 0.6) is 0 Å². The predicted octanol–water partition coefficient (Wildman–Crippen LogP) is 0.573. The summed E-state index contributed by atoms with van der Waals surface area (Å²) in [5, 5.41) is 0. The highest BCUT2D eigenvalue weighted by molar-refractivity contribution is 7.83. The molecule has 0 aromatic carbocycles. The van der Waals surface area contributed by atoms with E-state index in [1.165, 1.54) is 0 Å². The first kappa shape index (κ1) is 7.00. The minimum atomic E-state index is -2.49. The van der Waals surface area contributed by atoms with Crippen molar-refractivity contribution in [3.05, 3.63) is 0 Å². The highest BCUT2D eigenvalue weighted by Crippen LogP contribution is 1.82. The largest absolute Gasteiger partial charge is 0.318 e. The smallest absolute Gasteiger partial charge is 0.163 e. The van der Waals surface area contributed by atoms with Crippen LogP contribution >= 0.6 is 23.8 Å². The summed E-state index contributed by atoms with van der Waals surface area (Å²) in [6, 6.07) is 0. The normalized spacial score (nSPS) is 7.57. The lowest BCUT2D eigenvalue weighted by molar-refractivity contribution is 0.623. The molecule has 0 spiro atoms. The molecule has 0 saturated carbocycles. The zero-order chi connectivity index (χ0) is 5.86. The summed E-state index contributed by atoms with van der Waals surface area (Å²) in [5.74, 6) is 0. The Hall–Kier alpha value is -0.0000000000000000555. The lowest BCUT2D eigenvalue weighted by Crippen LogP contribution is -1.67. The molecule has 3 nitrogen and oxygen atoms in total. The van der Waals surface area contributed by atoms with Gasteiger partial charge in [0.2, 0.25) is 4.45 Å². The van der Waals surface area contributed by atoms with E-state index in [4.69, 9.17) is 11.6 Å². The second-order valence-corrected chi connectivity index (χ2v) is 2.15. The number of hydrogen-bond acceptors (Lipinski definition) is 3. The minimum Gasteiger partial charge on any atom is -0.163 e. The van der Waals surface area contributed by atoms with E-state index in [-0.39, 0.29) is 0 Å². The fraction of sp³-hybridized carbons (Fsp3) is 0. The van der Waals surface area contributed by atoms with Gasteiger partial charge in [-0.15, -0.1) is 4.36 Å². The van der Waals surface area contributed by atoms with Gasteiger partial charge in [0.15, 0.2) is 0 Å². The Bertz CT molecular complexity index is 184. The van der Waals surface area contributed by atoms with Gasteiger partial charge in [-0.25, -0.2) is 0 Å². The molecule has 0 unspecified atom stereocenters. The quantitative estimate of drug-likeness (QED) is 0.294. The molecule has 0 aromatic rings. The molecule has 0 N–H and O–H groups in total. The van der Waals surface area contributed by atoms with E-state index in [9.17, 15) is 8.42 Å². The molecule has 6 heteroatoms. The van der Waals surface area contributed by atoms with Crippen molar-refractivity contribution < 1.29 is 8.42 Å². The summed E-state index contributed by atoms with van der Waals surface area (Å²) in [6.45, 7) is 0. The predicted molar refractivity (Wildman–Crippen MR) is 29.8 cm³/mol. The summed E-state index contributed by atoms with van der Waals surface area (Å²) < 4.78 is 21.2. The molecule has 0 atom stereocenters. The highest BCUT2D eigenvalue weighted by atomic mass is 35.5. The van der Waals surface area contributed by atoms with Crippen LogP contribution < -0.4 is 0 Å². The van der Waals surface area contributed by atoms with Gasteiger partial charge in [-0.3, -0.25) is 0 Å². The fourth-order valence-electron chi connectivity index (χ4n) is 0.0586. The number of hydrogen-bond donors (Lipinski definition) is 0. The number of thiocarbonyl (C=S) groups is 1. The van der Waals surface area contributed by atoms with Crippen molar-refractivity contribution in [2.45, 2.75) is 0 Å².